The summed E-state index contributed by atoms with van der Waals surface area (Å²) in [5, 5.41) is 15.3. The predicted molar refractivity (Wildman–Crippen MR) is 57.4 cm³/mol. The van der Waals surface area contributed by atoms with Crippen molar-refractivity contribution in [2.24, 2.45) is 7.05 Å². The third kappa shape index (κ3) is 2.19. The zero-order chi connectivity index (χ0) is 12.4. The van der Waals surface area contributed by atoms with Crippen molar-refractivity contribution < 1.29 is 14.7 Å². The summed E-state index contributed by atoms with van der Waals surface area (Å²) in [7, 11) is 1.64. The number of anilines is 1. The third-order valence-electron chi connectivity index (χ3n) is 2.73. The second-order valence-corrected chi connectivity index (χ2v) is 3.83. The number of urea groups is 1. The van der Waals surface area contributed by atoms with Crippen LogP contribution in [0.3, 0.4) is 0 Å². The van der Waals surface area contributed by atoms with Crippen LogP contribution in [0.2, 0.25) is 0 Å². The van der Waals surface area contributed by atoms with E-state index in [0.29, 0.717) is 25.3 Å². The molecule has 0 saturated carbocycles. The Bertz CT molecular complexity index is 444. The van der Waals surface area contributed by atoms with E-state index in [-0.39, 0.29) is 0 Å². The first kappa shape index (κ1) is 11.4. The minimum absolute atomic E-state index is 0.297. The Morgan fingerprint density at radius 2 is 2.35 bits per heavy atom. The van der Waals surface area contributed by atoms with Crippen molar-refractivity contribution in [3.8, 4) is 0 Å². The van der Waals surface area contributed by atoms with Crippen molar-refractivity contribution >= 4 is 17.9 Å². The summed E-state index contributed by atoms with van der Waals surface area (Å²) in [4.78, 5) is 27.9. The molecule has 1 atom stereocenters. The maximum atomic E-state index is 11.9. The number of carbonyl (C=O) groups is 2. The Hall–Kier alpha value is -2.12. The van der Waals surface area contributed by atoms with Gasteiger partial charge in [0, 0.05) is 13.6 Å². The van der Waals surface area contributed by atoms with Gasteiger partial charge >= 0.3 is 12.0 Å². The highest BCUT2D eigenvalue weighted by Gasteiger charge is 2.34. The van der Waals surface area contributed by atoms with E-state index in [2.05, 4.69) is 15.4 Å². The van der Waals surface area contributed by atoms with Crippen LogP contribution in [-0.2, 0) is 11.8 Å². The average Bonchev–Trinajstić information content (AvgIpc) is 2.87. The molecule has 0 spiro atoms. The van der Waals surface area contributed by atoms with Crippen LogP contribution in [-0.4, -0.2) is 49.4 Å². The second kappa shape index (κ2) is 4.40. The lowest BCUT2D eigenvalue weighted by Gasteiger charge is -2.21. The lowest BCUT2D eigenvalue weighted by Crippen LogP contribution is -2.43. The van der Waals surface area contributed by atoms with E-state index in [1.807, 2.05) is 0 Å². The van der Waals surface area contributed by atoms with Crippen LogP contribution in [0.15, 0.2) is 6.33 Å². The molecule has 1 unspecified atom stereocenters. The molecule has 2 rings (SSSR count). The van der Waals surface area contributed by atoms with Crippen molar-refractivity contribution in [3.05, 3.63) is 6.33 Å². The number of carboxylic acids is 1. The van der Waals surface area contributed by atoms with Gasteiger partial charge in [-0.3, -0.25) is 5.32 Å². The Labute approximate surface area is 97.2 Å². The van der Waals surface area contributed by atoms with Crippen molar-refractivity contribution in [1.29, 1.82) is 0 Å². The van der Waals surface area contributed by atoms with Gasteiger partial charge in [0.05, 0.1) is 0 Å². The van der Waals surface area contributed by atoms with Gasteiger partial charge < -0.3 is 10.0 Å². The largest absolute Gasteiger partial charge is 0.480 e. The van der Waals surface area contributed by atoms with Gasteiger partial charge in [-0.15, -0.1) is 0 Å². The zero-order valence-electron chi connectivity index (χ0n) is 9.33. The molecule has 0 bridgehead atoms. The highest BCUT2D eigenvalue weighted by Crippen LogP contribution is 2.18. The van der Waals surface area contributed by atoms with Crippen LogP contribution in [0.5, 0.6) is 0 Å². The molecule has 1 fully saturated rings. The topological polar surface area (TPSA) is 100 Å². The van der Waals surface area contributed by atoms with E-state index in [4.69, 9.17) is 5.11 Å². The molecule has 2 heterocycles. The number of aliphatic carboxylic acids is 1. The van der Waals surface area contributed by atoms with Gasteiger partial charge in [-0.25, -0.2) is 14.3 Å². The number of hydrogen-bond donors (Lipinski definition) is 2. The molecule has 0 aliphatic carbocycles. The van der Waals surface area contributed by atoms with E-state index in [1.54, 1.807) is 7.05 Å². The predicted octanol–water partition coefficient (Wildman–Crippen LogP) is -0.104. The van der Waals surface area contributed by atoms with E-state index in [1.165, 1.54) is 15.9 Å². The molecule has 8 nitrogen and oxygen atoms in total. The van der Waals surface area contributed by atoms with Gasteiger partial charge in [0.15, 0.2) is 0 Å². The van der Waals surface area contributed by atoms with Gasteiger partial charge in [-0.1, -0.05) is 0 Å². The monoisotopic (exact) mass is 239 g/mol. The van der Waals surface area contributed by atoms with Crippen LogP contribution in [0.4, 0.5) is 10.7 Å². The number of nitrogens with zero attached hydrogens (tertiary/aromatic N) is 4. The molecule has 2 N–H and O–H groups in total. The maximum Gasteiger partial charge on any atom is 0.326 e. The molecule has 0 radical (unpaired) electrons. The zero-order valence-corrected chi connectivity index (χ0v) is 9.33. The number of rotatable bonds is 2. The number of amides is 2. The van der Waals surface area contributed by atoms with Gasteiger partial charge in [-0.2, -0.15) is 10.1 Å². The minimum Gasteiger partial charge on any atom is -0.480 e. The van der Waals surface area contributed by atoms with Crippen LogP contribution in [0.25, 0.3) is 0 Å². The molecule has 17 heavy (non-hydrogen) atoms. The maximum absolute atomic E-state index is 11.9. The van der Waals surface area contributed by atoms with Crippen LogP contribution in [0.1, 0.15) is 12.8 Å². The summed E-state index contributed by atoms with van der Waals surface area (Å²) in [6.07, 6.45) is 2.50. The number of likely N-dealkylation sites (tertiary alicyclic amines) is 1. The summed E-state index contributed by atoms with van der Waals surface area (Å²) in [5.41, 5.74) is 0. The number of carbonyl (C=O) groups excluding carboxylic acids is 1. The summed E-state index contributed by atoms with van der Waals surface area (Å²) in [5.74, 6) is -0.679. The van der Waals surface area contributed by atoms with Gasteiger partial charge in [-0.05, 0) is 12.8 Å². The first-order valence-electron chi connectivity index (χ1n) is 5.24. The molecule has 1 aromatic heterocycles. The molecule has 0 aromatic carbocycles. The van der Waals surface area contributed by atoms with Gasteiger partial charge in [0.1, 0.15) is 12.4 Å². The standard InChI is InChI=1S/C9H13N5O3/c1-13-8(10-5-11-13)12-9(17)14-4-2-3-6(14)7(15)16/h5-6H,2-4H2,1H3,(H,15,16)(H,10,11,12,17). The Morgan fingerprint density at radius 3 is 2.94 bits per heavy atom. The first-order valence-corrected chi connectivity index (χ1v) is 5.24. The summed E-state index contributed by atoms with van der Waals surface area (Å²) < 4.78 is 1.41. The molecule has 2 amide bonds. The molecule has 92 valence electrons. The van der Waals surface area contributed by atoms with E-state index in [9.17, 15) is 9.59 Å². The van der Waals surface area contributed by atoms with E-state index < -0.39 is 18.0 Å². The van der Waals surface area contributed by atoms with E-state index >= 15 is 0 Å². The Kier molecular flexibility index (Phi) is 2.94. The Morgan fingerprint density at radius 1 is 1.59 bits per heavy atom. The number of nitrogens with one attached hydrogen (secondary N) is 1. The highest BCUT2D eigenvalue weighted by atomic mass is 16.4. The molecular weight excluding hydrogens is 226 g/mol. The van der Waals surface area contributed by atoms with Gasteiger partial charge in [0.25, 0.3) is 0 Å². The normalized spacial score (nSPS) is 19.4. The van der Waals surface area contributed by atoms with E-state index in [0.717, 1.165) is 0 Å². The summed E-state index contributed by atoms with van der Waals surface area (Å²) in [6, 6.07) is -1.20. The summed E-state index contributed by atoms with van der Waals surface area (Å²) in [6.45, 7) is 0.445. The van der Waals surface area contributed by atoms with Crippen LogP contribution >= 0.6 is 0 Å². The van der Waals surface area contributed by atoms with Gasteiger partial charge in [0.2, 0.25) is 5.95 Å². The molecular formula is C9H13N5O3. The van der Waals surface area contributed by atoms with Crippen molar-refractivity contribution in [1.82, 2.24) is 19.7 Å². The fourth-order valence-corrected chi connectivity index (χ4v) is 1.84. The number of carboxylic acid groups (broad SMARTS) is 1. The fraction of sp³-hybridized carbons (Fsp3) is 0.556. The average molecular weight is 239 g/mol. The number of aryl methyl sites for hydroxylation is 1. The highest BCUT2D eigenvalue weighted by molar-refractivity contribution is 5.91. The quantitative estimate of drug-likeness (QED) is 0.750. The lowest BCUT2D eigenvalue weighted by atomic mass is 10.2. The molecule has 1 aliphatic heterocycles. The Balaban J connectivity index is 2.05. The van der Waals surface area contributed by atoms with Crippen LogP contribution in [0, 0.1) is 0 Å². The van der Waals surface area contributed by atoms with Crippen molar-refractivity contribution in [3.63, 3.8) is 0 Å². The SMILES string of the molecule is Cn1ncnc1NC(=O)N1CCCC1C(=O)O. The lowest BCUT2D eigenvalue weighted by molar-refractivity contribution is -0.141. The minimum atomic E-state index is -0.976. The van der Waals surface area contributed by atoms with Crippen LogP contribution < -0.4 is 5.32 Å². The first-order chi connectivity index (χ1) is 8.09. The van der Waals surface area contributed by atoms with Crippen molar-refractivity contribution in [2.45, 2.75) is 18.9 Å². The molecule has 1 aliphatic rings. The molecule has 1 aromatic rings. The summed E-state index contributed by atoms with van der Waals surface area (Å²) >= 11 is 0. The third-order valence-corrected chi connectivity index (χ3v) is 2.73. The number of hydrogen-bond acceptors (Lipinski definition) is 4. The smallest absolute Gasteiger partial charge is 0.326 e. The number of aromatic nitrogens is 3. The van der Waals surface area contributed by atoms with Crippen molar-refractivity contribution in [2.75, 3.05) is 11.9 Å². The molecule has 8 heteroatoms. The molecule has 1 saturated heterocycles. The second-order valence-electron chi connectivity index (χ2n) is 3.83. The fourth-order valence-electron chi connectivity index (χ4n) is 1.84.